The Morgan fingerprint density at radius 1 is 0.438 bits per heavy atom. The predicted octanol–water partition coefficient (Wildman–Crippen LogP) is 10.9. The van der Waals surface area contributed by atoms with Crippen molar-refractivity contribution >= 4 is 74.6 Å². The van der Waals surface area contributed by atoms with E-state index < -0.39 is 11.9 Å². The quantitative estimate of drug-likeness (QED) is 0.0741. The number of benzene rings is 6. The van der Waals surface area contributed by atoms with Gasteiger partial charge in [-0.15, -0.1) is 0 Å². The van der Waals surface area contributed by atoms with Gasteiger partial charge in [-0.25, -0.2) is 0 Å². The van der Waals surface area contributed by atoms with Gasteiger partial charge < -0.3 is 61.5 Å². The molecule has 514 valence electrons. The summed E-state index contributed by atoms with van der Waals surface area (Å²) in [5.41, 5.74) is 24.0. The second-order valence-electron chi connectivity index (χ2n) is 29.0. The number of para-hydroxylation sites is 6. The average molecular weight is 1450 g/mol. The molecule has 0 aromatic heterocycles. The van der Waals surface area contributed by atoms with Crippen LogP contribution in [-0.4, -0.2) is 90.6 Å². The molecule has 0 bridgehead atoms. The SMILES string of the molecule is CC1=Nc2ccccc2C1(C)C.CC1=Nc2ccccc2C1(C)C.CC1=[N+](CCCCC(=O)O)c2ccccc2C1(C)C.CCC[N+]1=C(/C=C/C=C2/N(CCCCC(=O)O)c3ccccc3C2(C)C)C(C)(C)c2ccccc21.CCC[N+]1=C(C)C(C)(C)c2ccccc21.[Br-].[Br-].[Cl-]. The minimum absolute atomic E-state index is 0. The molecule has 96 heavy (non-hydrogen) atoms. The largest absolute Gasteiger partial charge is 1.00 e. The number of carbonyl (C=O) groups is 2. The molecule has 0 saturated heterocycles. The van der Waals surface area contributed by atoms with E-state index in [1.165, 1.54) is 96.8 Å². The first-order chi connectivity index (χ1) is 44.0. The van der Waals surface area contributed by atoms with E-state index in [2.05, 4.69) is 305 Å². The van der Waals surface area contributed by atoms with Gasteiger partial charge >= 0.3 is 11.9 Å². The van der Waals surface area contributed by atoms with Crippen molar-refractivity contribution in [2.45, 2.75) is 208 Å². The summed E-state index contributed by atoms with van der Waals surface area (Å²) in [5.74, 6) is -1.43. The molecular formula is C83H107Br2ClN6O4. The Labute approximate surface area is 602 Å². The zero-order chi connectivity index (χ0) is 67.8. The molecule has 12 rings (SSSR count). The highest BCUT2D eigenvalue weighted by atomic mass is 79.9. The Morgan fingerprint density at radius 3 is 1.24 bits per heavy atom. The Morgan fingerprint density at radius 2 is 0.802 bits per heavy atom. The topological polar surface area (TPSA) is 112 Å². The fourth-order valence-electron chi connectivity index (χ4n) is 14.2. The molecule has 0 atom stereocenters. The number of allylic oxidation sites excluding steroid dienone is 4. The second kappa shape index (κ2) is 33.1. The molecule has 10 nitrogen and oxygen atoms in total. The summed E-state index contributed by atoms with van der Waals surface area (Å²) in [6.07, 6.45) is 12.7. The average Bonchev–Trinajstić information content (AvgIpc) is 1.62. The van der Waals surface area contributed by atoms with Crippen LogP contribution in [-0.2, 0) is 42.1 Å². The predicted molar refractivity (Wildman–Crippen MR) is 391 cm³/mol. The number of nitrogens with zero attached hydrogens (tertiary/aromatic N) is 6. The maximum atomic E-state index is 11.0. The first kappa shape index (κ1) is 79.8. The standard InChI is InChI=1S/C31H38N2O2.C16H21NO2.C14H20N.2C11H13N.2BrH.ClH/c1-6-21-32-25-16-9-7-14-23(25)30(2,3)27(32)18-13-19-28-31(4,5)24-15-8-10-17-26(24)33(28)22-12-11-20-29(34)35;1-12-16(2,3)13-8-4-5-9-14(13)17(12)11-7-6-10-15(18)19;1-5-10-15-11(2)14(3,4)12-8-6-7-9-13(12)15;2*1-8-11(2,3)9-6-4-5-7-10(9)12-8;;;/h7-10,13-19H,6,11-12,20-22H2,1-5H3;4-5,8-9H,6-7,10-11H2,1-3H3;6-9H,5,10H2,1-4H3;2*4-7H,1-3H3;3*1H/q;;+1;;;;;/p-1. The molecular weight excluding hydrogens is 1340 g/mol. The number of hydrogen-bond acceptors (Lipinski definition) is 5. The van der Waals surface area contributed by atoms with Gasteiger partial charge in [-0.05, 0) is 116 Å². The normalized spacial score (nSPS) is 17.7. The van der Waals surface area contributed by atoms with Gasteiger partial charge in [0.1, 0.15) is 19.6 Å². The fourth-order valence-corrected chi connectivity index (χ4v) is 14.2. The summed E-state index contributed by atoms with van der Waals surface area (Å²) in [7, 11) is 0. The van der Waals surface area contributed by atoms with Gasteiger partial charge in [-0.3, -0.25) is 19.6 Å². The lowest BCUT2D eigenvalue weighted by Gasteiger charge is -2.27. The van der Waals surface area contributed by atoms with Crippen LogP contribution in [0.1, 0.15) is 209 Å². The molecule has 13 heteroatoms. The van der Waals surface area contributed by atoms with Crippen LogP contribution in [0, 0.1) is 0 Å². The number of fused-ring (bicyclic) bond motifs is 6. The van der Waals surface area contributed by atoms with Crippen LogP contribution in [0.4, 0.5) is 34.1 Å². The molecule has 0 amide bonds. The minimum Gasteiger partial charge on any atom is -1.00 e. The summed E-state index contributed by atoms with van der Waals surface area (Å²) in [6, 6.07) is 51.4. The van der Waals surface area contributed by atoms with E-state index in [4.69, 9.17) is 10.2 Å². The van der Waals surface area contributed by atoms with Crippen LogP contribution in [0.25, 0.3) is 0 Å². The summed E-state index contributed by atoms with van der Waals surface area (Å²) in [6.45, 7) is 44.2. The Balaban J connectivity index is 0.000000232. The van der Waals surface area contributed by atoms with Crippen LogP contribution in [0.3, 0.4) is 0 Å². The van der Waals surface area contributed by atoms with E-state index in [1.54, 1.807) is 0 Å². The maximum Gasteiger partial charge on any atom is 0.303 e. The number of aliphatic carboxylic acids is 2. The number of rotatable bonds is 16. The smallest absolute Gasteiger partial charge is 0.303 e. The lowest BCUT2D eigenvalue weighted by atomic mass is 9.81. The summed E-state index contributed by atoms with van der Waals surface area (Å²) >= 11 is 0. The van der Waals surface area contributed by atoms with Crippen LogP contribution in [0.2, 0.25) is 0 Å². The number of aliphatic imine (C=N–C) groups is 2. The van der Waals surface area contributed by atoms with Crippen molar-refractivity contribution in [1.82, 2.24) is 0 Å². The van der Waals surface area contributed by atoms with E-state index >= 15 is 0 Å². The molecule has 6 aromatic carbocycles. The Kier molecular flexibility index (Phi) is 27.5. The van der Waals surface area contributed by atoms with Crippen LogP contribution < -0.4 is 51.3 Å². The van der Waals surface area contributed by atoms with Crippen LogP contribution in [0.5, 0.6) is 0 Å². The highest BCUT2D eigenvalue weighted by Crippen LogP contribution is 2.49. The van der Waals surface area contributed by atoms with Crippen LogP contribution in [0.15, 0.2) is 180 Å². The highest BCUT2D eigenvalue weighted by Gasteiger charge is 2.46. The summed E-state index contributed by atoms with van der Waals surface area (Å²) in [4.78, 5) is 33.0. The molecule has 0 spiro atoms. The van der Waals surface area contributed by atoms with Crippen molar-refractivity contribution in [2.24, 2.45) is 9.98 Å². The number of unbranched alkanes of at least 4 members (excludes halogenated alkanes) is 2. The molecule has 6 aliphatic rings. The second-order valence-corrected chi connectivity index (χ2v) is 29.0. The van der Waals surface area contributed by atoms with E-state index in [-0.39, 0.29) is 91.7 Å². The van der Waals surface area contributed by atoms with E-state index in [0.717, 1.165) is 63.2 Å². The van der Waals surface area contributed by atoms with Crippen molar-refractivity contribution in [2.75, 3.05) is 31.1 Å². The van der Waals surface area contributed by atoms with Gasteiger partial charge in [0.2, 0.25) is 17.1 Å². The van der Waals surface area contributed by atoms with Gasteiger partial charge in [0, 0.05) is 133 Å². The first-order valence-electron chi connectivity index (χ1n) is 34.1. The van der Waals surface area contributed by atoms with Crippen molar-refractivity contribution in [1.29, 1.82) is 0 Å². The van der Waals surface area contributed by atoms with Gasteiger partial charge in [0.05, 0.1) is 27.6 Å². The number of halogens is 3. The molecule has 0 fully saturated rings. The molecule has 2 N–H and O–H groups in total. The molecule has 0 saturated carbocycles. The zero-order valence-electron chi connectivity index (χ0n) is 60.6. The van der Waals surface area contributed by atoms with Gasteiger partial charge in [-0.1, -0.05) is 171 Å². The Hall–Kier alpha value is -6.86. The molecule has 6 aromatic rings. The molecule has 0 aliphatic carbocycles. The van der Waals surface area contributed by atoms with Crippen LogP contribution >= 0.6 is 0 Å². The maximum absolute atomic E-state index is 11.0. The van der Waals surface area contributed by atoms with Crippen molar-refractivity contribution < 1.29 is 79.9 Å². The Bertz CT molecular complexity index is 3920. The third-order valence-electron chi connectivity index (χ3n) is 20.9. The number of carboxylic acids is 2. The third kappa shape index (κ3) is 16.6. The molecule has 0 radical (unpaired) electrons. The fraction of sp³-hybridized carbons (Fsp3) is 0.434. The summed E-state index contributed by atoms with van der Waals surface area (Å²) < 4.78 is 7.29. The summed E-state index contributed by atoms with van der Waals surface area (Å²) in [5, 5.41) is 17.7. The van der Waals surface area contributed by atoms with E-state index in [1.807, 2.05) is 12.1 Å². The first-order valence-corrected chi connectivity index (χ1v) is 34.1. The highest BCUT2D eigenvalue weighted by molar-refractivity contribution is 6.03. The molecule has 6 heterocycles. The van der Waals surface area contributed by atoms with Crippen molar-refractivity contribution in [3.05, 3.63) is 203 Å². The minimum atomic E-state index is -0.723. The lowest BCUT2D eigenvalue weighted by Crippen LogP contribution is -3.00. The van der Waals surface area contributed by atoms with Gasteiger partial charge in [0.25, 0.3) is 0 Å². The van der Waals surface area contributed by atoms with Gasteiger partial charge in [0.15, 0.2) is 17.1 Å². The van der Waals surface area contributed by atoms with Gasteiger partial charge in [-0.2, -0.15) is 13.7 Å². The lowest BCUT2D eigenvalue weighted by molar-refractivity contribution is -0.439. The third-order valence-corrected chi connectivity index (χ3v) is 20.9. The number of carboxylic acid groups (broad SMARTS) is 2. The monoisotopic (exact) mass is 1440 g/mol. The van der Waals surface area contributed by atoms with Crippen molar-refractivity contribution in [3.63, 3.8) is 0 Å². The van der Waals surface area contributed by atoms with Crippen molar-refractivity contribution in [3.8, 4) is 0 Å². The molecule has 0 unspecified atom stereocenters. The van der Waals surface area contributed by atoms with E-state index in [0.29, 0.717) is 6.42 Å². The van der Waals surface area contributed by atoms with E-state index in [9.17, 15) is 9.59 Å². The molecule has 6 aliphatic heterocycles. The zero-order valence-corrected chi connectivity index (χ0v) is 64.5. The number of hydrogen-bond donors (Lipinski definition) is 2. The number of anilines is 1.